The van der Waals surface area contributed by atoms with Gasteiger partial charge in [-0.15, -0.1) is 0 Å². The lowest BCUT2D eigenvalue weighted by Crippen LogP contribution is -2.19. The molecule has 8 nitrogen and oxygen atoms in total. The van der Waals surface area contributed by atoms with E-state index in [1.807, 2.05) is 0 Å². The highest BCUT2D eigenvalue weighted by atomic mass is 32.2. The van der Waals surface area contributed by atoms with Crippen molar-refractivity contribution in [1.29, 1.82) is 0 Å². The number of nitrogens with zero attached hydrogens (tertiary/aromatic N) is 2. The summed E-state index contributed by atoms with van der Waals surface area (Å²) in [5, 5.41) is 2.91. The van der Waals surface area contributed by atoms with E-state index in [0.29, 0.717) is 17.8 Å². The van der Waals surface area contributed by atoms with Crippen molar-refractivity contribution in [2.75, 3.05) is 10.5 Å². The second-order valence-corrected chi connectivity index (χ2v) is 7.53. The van der Waals surface area contributed by atoms with E-state index in [0.717, 1.165) is 18.2 Å². The minimum Gasteiger partial charge on any atom is -0.314 e. The molecule has 0 atom stereocenters. The number of thioether (sulfide) groups is 1. The zero-order valence-corrected chi connectivity index (χ0v) is 14.5. The van der Waals surface area contributed by atoms with Gasteiger partial charge in [0.2, 0.25) is 11.6 Å². The number of hydrogen-bond acceptors (Lipinski definition) is 8. The summed E-state index contributed by atoms with van der Waals surface area (Å²) in [6.07, 6.45) is -4.90. The van der Waals surface area contributed by atoms with E-state index < -0.39 is 44.3 Å². The van der Waals surface area contributed by atoms with Crippen molar-refractivity contribution >= 4 is 38.7 Å². The molecule has 140 valence electrons. The van der Waals surface area contributed by atoms with Crippen LogP contribution >= 0.6 is 11.8 Å². The molecular weight excluding hydrogens is 399 g/mol. The number of hydrogen-bond donors (Lipinski definition) is 1. The Morgan fingerprint density at radius 3 is 2.54 bits per heavy atom. The molecule has 0 radical (unpaired) electrons. The number of halogens is 3. The molecule has 0 aliphatic carbocycles. The summed E-state index contributed by atoms with van der Waals surface area (Å²) in [6, 6.07) is 2.75. The zero-order valence-electron chi connectivity index (χ0n) is 12.9. The number of anilines is 1. The Labute approximate surface area is 149 Å². The first-order valence-corrected chi connectivity index (χ1v) is 9.17. The highest BCUT2D eigenvalue weighted by Crippen LogP contribution is 2.34. The fourth-order valence-electron chi connectivity index (χ4n) is 1.72. The molecule has 2 aromatic rings. The van der Waals surface area contributed by atoms with Crippen LogP contribution in [0.2, 0.25) is 0 Å². The van der Waals surface area contributed by atoms with E-state index in [2.05, 4.69) is 14.7 Å². The number of sulfonamides is 1. The van der Waals surface area contributed by atoms with Crippen molar-refractivity contribution in [2.24, 2.45) is 0 Å². The summed E-state index contributed by atoms with van der Waals surface area (Å²) < 4.78 is 69.5. The van der Waals surface area contributed by atoms with Crippen molar-refractivity contribution in [3.05, 3.63) is 35.7 Å². The Bertz CT molecular complexity index is 940. The van der Waals surface area contributed by atoms with Gasteiger partial charge in [0, 0.05) is 6.92 Å². The summed E-state index contributed by atoms with van der Waals surface area (Å²) >= 11 is 0.684. The Hall–Kier alpha value is -2.41. The average molecular weight is 409 g/mol. The second kappa shape index (κ2) is 7.45. The summed E-state index contributed by atoms with van der Waals surface area (Å²) in [5.41, 5.74) is -1.37. The number of alkyl halides is 3. The first-order valence-electron chi connectivity index (χ1n) is 6.70. The summed E-state index contributed by atoms with van der Waals surface area (Å²) in [6.45, 7) is 1.24. The van der Waals surface area contributed by atoms with Crippen molar-refractivity contribution < 1.29 is 35.7 Å². The number of nitrogens with one attached hydrogen (secondary N) is 1. The van der Waals surface area contributed by atoms with Crippen LogP contribution in [-0.2, 0) is 21.0 Å². The highest BCUT2D eigenvalue weighted by molar-refractivity contribution is 8.14. The SMILES string of the molecule is CC(=O)SCC(=O)c1noc(NS(=O)(=O)c2ccccc2C(F)(F)F)n1. The van der Waals surface area contributed by atoms with Crippen molar-refractivity contribution in [3.63, 3.8) is 0 Å². The molecule has 0 amide bonds. The average Bonchev–Trinajstić information content (AvgIpc) is 2.99. The van der Waals surface area contributed by atoms with Crippen LogP contribution in [0.25, 0.3) is 0 Å². The largest absolute Gasteiger partial charge is 0.417 e. The van der Waals surface area contributed by atoms with Crippen molar-refractivity contribution in [3.8, 4) is 0 Å². The number of Topliss-reactive ketones (excluding diaryl/α,β-unsaturated/α-hetero) is 1. The zero-order chi connectivity index (χ0) is 19.5. The Morgan fingerprint density at radius 1 is 1.27 bits per heavy atom. The van der Waals surface area contributed by atoms with Gasteiger partial charge < -0.3 is 4.52 Å². The van der Waals surface area contributed by atoms with Gasteiger partial charge in [0.05, 0.1) is 16.2 Å². The third kappa shape index (κ3) is 4.82. The smallest absolute Gasteiger partial charge is 0.314 e. The molecule has 0 saturated heterocycles. The van der Waals surface area contributed by atoms with Crippen LogP contribution in [0.3, 0.4) is 0 Å². The Kier molecular flexibility index (Phi) is 5.71. The number of ketones is 1. The van der Waals surface area contributed by atoms with Gasteiger partial charge in [0.25, 0.3) is 10.0 Å². The molecule has 0 aliphatic heterocycles. The van der Waals surface area contributed by atoms with Crippen LogP contribution in [-0.4, -0.2) is 35.2 Å². The van der Waals surface area contributed by atoms with E-state index in [1.54, 1.807) is 4.72 Å². The number of carbonyl (C=O) groups excluding carboxylic acids is 2. The molecule has 0 saturated carbocycles. The van der Waals surface area contributed by atoms with E-state index >= 15 is 0 Å². The van der Waals surface area contributed by atoms with Crippen LogP contribution in [0, 0.1) is 0 Å². The third-order valence-electron chi connectivity index (χ3n) is 2.79. The van der Waals surface area contributed by atoms with Gasteiger partial charge in [-0.3, -0.25) is 9.59 Å². The van der Waals surface area contributed by atoms with E-state index in [1.165, 1.54) is 6.92 Å². The molecule has 0 fully saturated rings. The number of aromatic nitrogens is 2. The monoisotopic (exact) mass is 409 g/mol. The normalized spacial score (nSPS) is 12.0. The van der Waals surface area contributed by atoms with Gasteiger partial charge in [-0.1, -0.05) is 29.1 Å². The molecule has 26 heavy (non-hydrogen) atoms. The lowest BCUT2D eigenvalue weighted by Gasteiger charge is -2.12. The topological polar surface area (TPSA) is 119 Å². The van der Waals surface area contributed by atoms with E-state index in [9.17, 15) is 31.2 Å². The minimum absolute atomic E-state index is 0.294. The number of carbonyl (C=O) groups is 2. The molecule has 1 aromatic heterocycles. The first-order chi connectivity index (χ1) is 12.0. The Balaban J connectivity index is 2.24. The maximum absolute atomic E-state index is 13.0. The fraction of sp³-hybridized carbons (Fsp3) is 0.231. The van der Waals surface area contributed by atoms with Gasteiger partial charge in [-0.05, 0) is 12.1 Å². The van der Waals surface area contributed by atoms with Crippen molar-refractivity contribution in [1.82, 2.24) is 10.1 Å². The van der Waals surface area contributed by atoms with Crippen LogP contribution < -0.4 is 4.72 Å². The van der Waals surface area contributed by atoms with Crippen LogP contribution in [0.15, 0.2) is 33.7 Å². The molecular formula is C13H10F3N3O5S2. The third-order valence-corrected chi connectivity index (χ3v) is 4.98. The Morgan fingerprint density at radius 2 is 1.92 bits per heavy atom. The quantitative estimate of drug-likeness (QED) is 0.722. The maximum atomic E-state index is 13.0. The standard InChI is InChI=1S/C13H10F3N3O5S2/c1-7(20)25-6-9(21)11-17-12(24-18-11)19-26(22,23)10-5-3-2-4-8(10)13(14,15)16/h2-5H,6H2,1H3,(H,17,18,19). The number of benzene rings is 1. The van der Waals surface area contributed by atoms with E-state index in [-0.39, 0.29) is 10.9 Å². The van der Waals surface area contributed by atoms with Gasteiger partial charge in [0.1, 0.15) is 0 Å². The molecule has 0 unspecified atom stereocenters. The van der Waals surface area contributed by atoms with Crippen LogP contribution in [0.4, 0.5) is 19.2 Å². The number of rotatable bonds is 6. The van der Waals surface area contributed by atoms with Gasteiger partial charge >= 0.3 is 12.2 Å². The van der Waals surface area contributed by atoms with Crippen LogP contribution in [0.5, 0.6) is 0 Å². The summed E-state index contributed by atoms with van der Waals surface area (Å²) in [4.78, 5) is 24.9. The predicted octanol–water partition coefficient (Wildman–Crippen LogP) is 2.35. The summed E-state index contributed by atoms with van der Waals surface area (Å²) in [5.74, 6) is -1.52. The second-order valence-electron chi connectivity index (χ2n) is 4.73. The molecule has 0 bridgehead atoms. The lowest BCUT2D eigenvalue weighted by molar-refractivity contribution is -0.139. The first kappa shape index (κ1) is 19.9. The molecule has 1 aromatic carbocycles. The summed E-state index contributed by atoms with van der Waals surface area (Å²) in [7, 11) is -4.70. The maximum Gasteiger partial charge on any atom is 0.417 e. The molecule has 0 spiro atoms. The van der Waals surface area contributed by atoms with E-state index in [4.69, 9.17) is 0 Å². The van der Waals surface area contributed by atoms with Gasteiger partial charge in [0.15, 0.2) is 5.12 Å². The molecule has 1 N–H and O–H groups in total. The fourth-order valence-corrected chi connectivity index (χ4v) is 3.33. The van der Waals surface area contributed by atoms with Crippen LogP contribution in [0.1, 0.15) is 23.1 Å². The lowest BCUT2D eigenvalue weighted by atomic mass is 10.2. The predicted molar refractivity (Wildman–Crippen MR) is 84.0 cm³/mol. The minimum atomic E-state index is -4.90. The van der Waals surface area contributed by atoms with Crippen molar-refractivity contribution in [2.45, 2.75) is 18.0 Å². The van der Waals surface area contributed by atoms with Gasteiger partial charge in [-0.2, -0.15) is 18.2 Å². The molecule has 2 rings (SSSR count). The highest BCUT2D eigenvalue weighted by Gasteiger charge is 2.37. The molecule has 0 aliphatic rings. The van der Waals surface area contributed by atoms with Gasteiger partial charge in [-0.25, -0.2) is 13.1 Å². The molecule has 1 heterocycles. The molecule has 13 heteroatoms.